The van der Waals surface area contributed by atoms with Gasteiger partial charge in [-0.05, 0) is 41.5 Å². The molecule has 1 fully saturated rings. The number of carboxylic acids is 1. The standard InChI is InChI=1S/C19H14N2O6S2/c22-17(23)10-20-18(24)16(29-19(20)28)9-12-3-7-15(8-4-12)27-11-13-1-5-14(6-2-13)21(25)26/h1-9H,10-11H2,(H,22,23)/b16-9-. The summed E-state index contributed by atoms with van der Waals surface area (Å²) in [5.74, 6) is -0.961. The highest BCUT2D eigenvalue weighted by molar-refractivity contribution is 8.26. The molecule has 3 rings (SSSR count). The van der Waals surface area contributed by atoms with Crippen LogP contribution in [0.2, 0.25) is 0 Å². The number of benzene rings is 2. The summed E-state index contributed by atoms with van der Waals surface area (Å²) in [6, 6.07) is 13.1. The molecule has 0 atom stereocenters. The predicted molar refractivity (Wildman–Crippen MR) is 111 cm³/mol. The Bertz CT molecular complexity index is 1000. The molecule has 0 radical (unpaired) electrons. The van der Waals surface area contributed by atoms with Gasteiger partial charge in [0.25, 0.3) is 11.6 Å². The Balaban J connectivity index is 1.62. The fourth-order valence-electron chi connectivity index (χ4n) is 2.46. The molecule has 0 bridgehead atoms. The summed E-state index contributed by atoms with van der Waals surface area (Å²) in [6.45, 7) is -0.206. The number of thioether (sulfide) groups is 1. The molecule has 0 unspecified atom stereocenters. The van der Waals surface area contributed by atoms with Crippen LogP contribution < -0.4 is 4.74 Å². The number of ether oxygens (including phenoxy) is 1. The lowest BCUT2D eigenvalue weighted by Gasteiger charge is -2.10. The van der Waals surface area contributed by atoms with Crippen LogP contribution in [0.5, 0.6) is 5.75 Å². The minimum atomic E-state index is -1.13. The largest absolute Gasteiger partial charge is 0.489 e. The maximum absolute atomic E-state index is 12.3. The van der Waals surface area contributed by atoms with Crippen LogP contribution in [0.3, 0.4) is 0 Å². The van der Waals surface area contributed by atoms with Crippen molar-refractivity contribution < 1.29 is 24.4 Å². The van der Waals surface area contributed by atoms with Crippen molar-refractivity contribution in [3.63, 3.8) is 0 Å². The molecule has 1 heterocycles. The van der Waals surface area contributed by atoms with E-state index in [9.17, 15) is 19.7 Å². The lowest BCUT2D eigenvalue weighted by Crippen LogP contribution is -2.33. The van der Waals surface area contributed by atoms with Crippen molar-refractivity contribution in [3.8, 4) is 5.75 Å². The summed E-state index contributed by atoms with van der Waals surface area (Å²) in [7, 11) is 0. The van der Waals surface area contributed by atoms with Gasteiger partial charge in [0.2, 0.25) is 0 Å². The number of carbonyl (C=O) groups is 2. The van der Waals surface area contributed by atoms with E-state index >= 15 is 0 Å². The van der Waals surface area contributed by atoms with Crippen LogP contribution in [-0.4, -0.2) is 37.7 Å². The summed E-state index contributed by atoms with van der Waals surface area (Å²) in [6.07, 6.45) is 1.64. The minimum absolute atomic E-state index is 0.0203. The van der Waals surface area contributed by atoms with Gasteiger partial charge in [-0.25, -0.2) is 0 Å². The molecule has 10 heteroatoms. The molecular weight excluding hydrogens is 416 g/mol. The Morgan fingerprint density at radius 3 is 2.45 bits per heavy atom. The fraction of sp³-hybridized carbons (Fsp3) is 0.105. The van der Waals surface area contributed by atoms with Crippen LogP contribution in [0.25, 0.3) is 6.08 Å². The van der Waals surface area contributed by atoms with E-state index in [0.29, 0.717) is 10.7 Å². The van der Waals surface area contributed by atoms with E-state index in [2.05, 4.69) is 0 Å². The van der Waals surface area contributed by atoms with E-state index in [0.717, 1.165) is 27.8 Å². The van der Waals surface area contributed by atoms with Gasteiger partial charge >= 0.3 is 5.97 Å². The number of non-ortho nitro benzene ring substituents is 1. The third-order valence-electron chi connectivity index (χ3n) is 3.90. The molecule has 1 amide bonds. The Hall–Kier alpha value is -3.24. The van der Waals surface area contributed by atoms with Gasteiger partial charge in [0, 0.05) is 12.1 Å². The lowest BCUT2D eigenvalue weighted by molar-refractivity contribution is -0.384. The number of nitro benzene ring substituents is 1. The van der Waals surface area contributed by atoms with Crippen molar-refractivity contribution in [2.45, 2.75) is 6.61 Å². The first-order valence-electron chi connectivity index (χ1n) is 8.27. The normalized spacial score (nSPS) is 15.0. The van der Waals surface area contributed by atoms with Crippen LogP contribution in [0, 0.1) is 10.1 Å². The number of amides is 1. The first-order chi connectivity index (χ1) is 13.8. The molecule has 0 saturated carbocycles. The Morgan fingerprint density at radius 2 is 1.86 bits per heavy atom. The van der Waals surface area contributed by atoms with E-state index in [4.69, 9.17) is 22.1 Å². The van der Waals surface area contributed by atoms with Gasteiger partial charge in [-0.15, -0.1) is 0 Å². The van der Waals surface area contributed by atoms with Gasteiger partial charge in [0.15, 0.2) is 0 Å². The van der Waals surface area contributed by atoms with Crippen molar-refractivity contribution >= 4 is 51.9 Å². The highest BCUT2D eigenvalue weighted by Gasteiger charge is 2.33. The zero-order valence-corrected chi connectivity index (χ0v) is 16.4. The van der Waals surface area contributed by atoms with Gasteiger partial charge in [-0.2, -0.15) is 0 Å². The average molecular weight is 430 g/mol. The van der Waals surface area contributed by atoms with E-state index in [1.807, 2.05) is 0 Å². The second-order valence-electron chi connectivity index (χ2n) is 5.94. The van der Waals surface area contributed by atoms with Crippen LogP contribution in [0.15, 0.2) is 53.4 Å². The first kappa shape index (κ1) is 20.5. The molecule has 0 spiro atoms. The highest BCUT2D eigenvalue weighted by atomic mass is 32.2. The molecule has 8 nitrogen and oxygen atoms in total. The van der Waals surface area contributed by atoms with E-state index < -0.39 is 23.3 Å². The minimum Gasteiger partial charge on any atom is -0.489 e. The number of thiocarbonyl (C=S) groups is 1. The molecule has 0 aliphatic carbocycles. The second-order valence-corrected chi connectivity index (χ2v) is 7.62. The number of hydrogen-bond acceptors (Lipinski definition) is 7. The first-order valence-corrected chi connectivity index (χ1v) is 9.49. The van der Waals surface area contributed by atoms with Crippen LogP contribution in [-0.2, 0) is 16.2 Å². The van der Waals surface area contributed by atoms with Crippen molar-refractivity contribution in [2.75, 3.05) is 6.54 Å². The Kier molecular flexibility index (Phi) is 6.25. The van der Waals surface area contributed by atoms with Crippen molar-refractivity contribution in [1.82, 2.24) is 4.90 Å². The summed E-state index contributed by atoms with van der Waals surface area (Å²) >= 11 is 6.12. The Morgan fingerprint density at radius 1 is 1.21 bits per heavy atom. The number of aliphatic carboxylic acids is 1. The molecule has 1 N–H and O–H groups in total. The predicted octanol–water partition coefficient (Wildman–Crippen LogP) is 3.46. The molecule has 0 aromatic heterocycles. The summed E-state index contributed by atoms with van der Waals surface area (Å²) in [5, 5.41) is 19.5. The molecule has 148 valence electrons. The monoisotopic (exact) mass is 430 g/mol. The van der Waals surface area contributed by atoms with E-state index in [1.165, 1.54) is 12.1 Å². The van der Waals surface area contributed by atoms with Gasteiger partial charge in [-0.3, -0.25) is 24.6 Å². The molecule has 29 heavy (non-hydrogen) atoms. The van der Waals surface area contributed by atoms with E-state index in [-0.39, 0.29) is 16.6 Å². The molecule has 1 aliphatic heterocycles. The molecule has 2 aromatic rings. The topological polar surface area (TPSA) is 110 Å². The number of nitro groups is 1. The SMILES string of the molecule is O=C(O)CN1C(=O)/C(=C/c2ccc(OCc3ccc([N+](=O)[O-])cc3)cc2)SC1=S. The quantitative estimate of drug-likeness (QED) is 0.308. The zero-order chi connectivity index (χ0) is 21.0. The number of nitrogens with zero attached hydrogens (tertiary/aromatic N) is 2. The maximum Gasteiger partial charge on any atom is 0.323 e. The second kappa shape index (κ2) is 8.84. The average Bonchev–Trinajstić information content (AvgIpc) is 2.95. The van der Waals surface area contributed by atoms with Gasteiger partial charge in [0.1, 0.15) is 23.2 Å². The lowest BCUT2D eigenvalue weighted by atomic mass is 10.2. The molecule has 1 aliphatic rings. The molecule has 2 aromatic carbocycles. The maximum atomic E-state index is 12.3. The van der Waals surface area contributed by atoms with Crippen LogP contribution >= 0.6 is 24.0 Å². The number of carboxylic acid groups (broad SMARTS) is 1. The van der Waals surface area contributed by atoms with Crippen LogP contribution in [0.1, 0.15) is 11.1 Å². The highest BCUT2D eigenvalue weighted by Crippen LogP contribution is 2.32. The Labute approximate surface area is 174 Å². The number of rotatable bonds is 7. The van der Waals surface area contributed by atoms with Crippen molar-refractivity contribution in [1.29, 1.82) is 0 Å². The van der Waals surface area contributed by atoms with Gasteiger partial charge in [0.05, 0.1) is 9.83 Å². The van der Waals surface area contributed by atoms with Crippen LogP contribution in [0.4, 0.5) is 5.69 Å². The number of carbonyl (C=O) groups excluding carboxylic acids is 1. The van der Waals surface area contributed by atoms with Gasteiger partial charge < -0.3 is 9.84 Å². The molecular formula is C19H14N2O6S2. The third kappa shape index (κ3) is 5.18. The van der Waals surface area contributed by atoms with Crippen molar-refractivity contribution in [2.24, 2.45) is 0 Å². The summed E-state index contributed by atoms with van der Waals surface area (Å²) < 4.78 is 5.87. The van der Waals surface area contributed by atoms with E-state index in [1.54, 1.807) is 42.5 Å². The summed E-state index contributed by atoms with van der Waals surface area (Å²) in [5.41, 5.74) is 1.55. The smallest absolute Gasteiger partial charge is 0.323 e. The summed E-state index contributed by atoms with van der Waals surface area (Å²) in [4.78, 5) is 34.7. The van der Waals surface area contributed by atoms with Gasteiger partial charge in [-0.1, -0.05) is 36.1 Å². The number of hydrogen-bond donors (Lipinski definition) is 1. The third-order valence-corrected chi connectivity index (χ3v) is 5.28. The fourth-order valence-corrected chi connectivity index (χ4v) is 3.72. The van der Waals surface area contributed by atoms with Crippen molar-refractivity contribution in [3.05, 3.63) is 74.7 Å². The zero-order valence-electron chi connectivity index (χ0n) is 14.8. The molecule has 1 saturated heterocycles.